The Morgan fingerprint density at radius 3 is 2.74 bits per heavy atom. The number of halogens is 2. The van der Waals surface area contributed by atoms with Gasteiger partial charge in [-0.05, 0) is 48.7 Å². The lowest BCUT2D eigenvalue weighted by Gasteiger charge is -2.15. The highest BCUT2D eigenvalue weighted by Gasteiger charge is 2.32. The number of nitrogens with zero attached hydrogens (tertiary/aromatic N) is 1. The van der Waals surface area contributed by atoms with Crippen molar-refractivity contribution in [2.45, 2.75) is 31.9 Å². The number of ether oxygens (including phenoxy) is 2. The van der Waals surface area contributed by atoms with E-state index in [4.69, 9.17) is 21.1 Å². The third-order valence-corrected chi connectivity index (χ3v) is 5.53. The summed E-state index contributed by atoms with van der Waals surface area (Å²) in [7, 11) is 0. The SMILES string of the molecule is CC(=O)Nc1cccc(Oc2ccc(CNC(=O)c3cnccc3O[C@@H](Cl)C3CC3)cc2F)c1. The molecule has 1 heterocycles. The first-order valence-electron chi connectivity index (χ1n) is 10.8. The molecule has 3 aromatic rings. The van der Waals surface area contributed by atoms with Gasteiger partial charge in [-0.25, -0.2) is 4.39 Å². The average Bonchev–Trinajstić information content (AvgIpc) is 3.65. The Hall–Kier alpha value is -3.65. The van der Waals surface area contributed by atoms with Crippen LogP contribution in [-0.2, 0) is 11.3 Å². The highest BCUT2D eigenvalue weighted by Crippen LogP contribution is 2.37. The maximum Gasteiger partial charge on any atom is 0.256 e. The minimum atomic E-state index is -0.587. The molecule has 9 heteroatoms. The molecule has 7 nitrogen and oxygen atoms in total. The molecule has 0 spiro atoms. The minimum absolute atomic E-state index is 0.0197. The van der Waals surface area contributed by atoms with Gasteiger partial charge in [-0.1, -0.05) is 23.7 Å². The molecule has 1 atom stereocenters. The number of aromatic nitrogens is 1. The number of hydrogen-bond acceptors (Lipinski definition) is 5. The van der Waals surface area contributed by atoms with Gasteiger partial charge in [-0.3, -0.25) is 14.6 Å². The molecule has 1 aliphatic carbocycles. The molecule has 1 aromatic heterocycles. The van der Waals surface area contributed by atoms with Crippen LogP contribution in [0.4, 0.5) is 10.1 Å². The summed E-state index contributed by atoms with van der Waals surface area (Å²) >= 11 is 6.24. The molecule has 1 saturated carbocycles. The summed E-state index contributed by atoms with van der Waals surface area (Å²) < 4.78 is 26.0. The quantitative estimate of drug-likeness (QED) is 0.405. The third-order valence-electron chi connectivity index (χ3n) is 5.09. The number of rotatable bonds is 9. The van der Waals surface area contributed by atoms with Gasteiger partial charge in [0.1, 0.15) is 11.5 Å². The molecule has 2 N–H and O–H groups in total. The number of benzene rings is 2. The second kappa shape index (κ2) is 10.5. The van der Waals surface area contributed by atoms with E-state index in [1.54, 1.807) is 36.4 Å². The van der Waals surface area contributed by atoms with Gasteiger partial charge >= 0.3 is 0 Å². The van der Waals surface area contributed by atoms with Crippen LogP contribution in [0.2, 0.25) is 0 Å². The van der Waals surface area contributed by atoms with E-state index in [0.29, 0.717) is 28.7 Å². The molecule has 0 unspecified atom stereocenters. The first kappa shape index (κ1) is 23.5. The number of carbonyl (C=O) groups excluding carboxylic acids is 2. The van der Waals surface area contributed by atoms with Gasteiger partial charge in [-0.15, -0.1) is 0 Å². The fourth-order valence-corrected chi connectivity index (χ4v) is 3.56. The van der Waals surface area contributed by atoms with Crippen LogP contribution in [0.1, 0.15) is 35.7 Å². The van der Waals surface area contributed by atoms with Crippen molar-refractivity contribution < 1.29 is 23.5 Å². The summed E-state index contributed by atoms with van der Waals surface area (Å²) in [5, 5.41) is 5.39. The van der Waals surface area contributed by atoms with Gasteiger partial charge in [-0.2, -0.15) is 0 Å². The zero-order chi connectivity index (χ0) is 24.1. The molecule has 4 rings (SSSR count). The van der Waals surface area contributed by atoms with E-state index in [-0.39, 0.29) is 23.8 Å². The Morgan fingerprint density at radius 1 is 1.18 bits per heavy atom. The first-order valence-corrected chi connectivity index (χ1v) is 11.2. The molecule has 1 aliphatic rings. The topological polar surface area (TPSA) is 89.6 Å². The van der Waals surface area contributed by atoms with Crippen molar-refractivity contribution in [1.82, 2.24) is 10.3 Å². The summed E-state index contributed by atoms with van der Waals surface area (Å²) in [6, 6.07) is 12.7. The summed E-state index contributed by atoms with van der Waals surface area (Å²) in [6.07, 6.45) is 4.95. The largest absolute Gasteiger partial charge is 0.473 e. The van der Waals surface area contributed by atoms with E-state index in [1.165, 1.54) is 31.5 Å². The van der Waals surface area contributed by atoms with Gasteiger partial charge in [0.2, 0.25) is 5.91 Å². The lowest BCUT2D eigenvalue weighted by Crippen LogP contribution is -2.24. The summed E-state index contributed by atoms with van der Waals surface area (Å²) in [5.41, 5.74) is 0.855. The van der Waals surface area contributed by atoms with E-state index in [0.717, 1.165) is 12.8 Å². The molecule has 176 valence electrons. The molecule has 0 aliphatic heterocycles. The van der Waals surface area contributed by atoms with E-state index in [1.807, 2.05) is 0 Å². The molecule has 2 amide bonds. The average molecular weight is 484 g/mol. The molecule has 1 fully saturated rings. The number of carbonyl (C=O) groups is 2. The fraction of sp³-hybridized carbons (Fsp3) is 0.240. The number of anilines is 1. The van der Waals surface area contributed by atoms with Crippen molar-refractivity contribution in [2.75, 3.05) is 5.32 Å². The molecule has 0 radical (unpaired) electrons. The van der Waals surface area contributed by atoms with Gasteiger partial charge in [0.05, 0.1) is 5.56 Å². The predicted octanol–water partition coefficient (Wildman–Crippen LogP) is 5.26. The van der Waals surface area contributed by atoms with E-state index in [2.05, 4.69) is 15.6 Å². The second-order valence-corrected chi connectivity index (χ2v) is 8.37. The molecule has 34 heavy (non-hydrogen) atoms. The zero-order valence-electron chi connectivity index (χ0n) is 18.4. The van der Waals surface area contributed by atoms with E-state index < -0.39 is 17.3 Å². The van der Waals surface area contributed by atoms with Crippen LogP contribution in [-0.4, -0.2) is 22.4 Å². The summed E-state index contributed by atoms with van der Waals surface area (Å²) in [4.78, 5) is 27.9. The van der Waals surface area contributed by atoms with Crippen molar-refractivity contribution in [3.63, 3.8) is 0 Å². The van der Waals surface area contributed by atoms with Crippen LogP contribution < -0.4 is 20.1 Å². The van der Waals surface area contributed by atoms with Crippen molar-refractivity contribution in [2.24, 2.45) is 5.92 Å². The van der Waals surface area contributed by atoms with Crippen LogP contribution in [0.25, 0.3) is 0 Å². The zero-order valence-corrected chi connectivity index (χ0v) is 19.1. The van der Waals surface area contributed by atoms with Crippen LogP contribution in [0.3, 0.4) is 0 Å². The number of pyridine rings is 1. The van der Waals surface area contributed by atoms with Crippen LogP contribution in [0, 0.1) is 11.7 Å². The third kappa shape index (κ3) is 6.23. The number of alkyl halides is 1. The Balaban J connectivity index is 1.38. The fourth-order valence-electron chi connectivity index (χ4n) is 3.21. The van der Waals surface area contributed by atoms with Crippen molar-refractivity contribution in [3.05, 3.63) is 77.9 Å². The number of hydrogen-bond donors (Lipinski definition) is 2. The van der Waals surface area contributed by atoms with Gasteiger partial charge in [0.15, 0.2) is 17.1 Å². The van der Waals surface area contributed by atoms with Crippen LogP contribution in [0.5, 0.6) is 17.2 Å². The first-order chi connectivity index (χ1) is 16.4. The predicted molar refractivity (Wildman–Crippen MR) is 126 cm³/mol. The lowest BCUT2D eigenvalue weighted by molar-refractivity contribution is -0.114. The monoisotopic (exact) mass is 483 g/mol. The highest BCUT2D eigenvalue weighted by atomic mass is 35.5. The summed E-state index contributed by atoms with van der Waals surface area (Å²) in [6.45, 7) is 1.49. The highest BCUT2D eigenvalue weighted by molar-refractivity contribution is 6.20. The molecule has 2 aromatic carbocycles. The number of amides is 2. The molecular weight excluding hydrogens is 461 g/mol. The molecular formula is C25H23ClFN3O4. The molecule has 0 bridgehead atoms. The van der Waals surface area contributed by atoms with Crippen molar-refractivity contribution in [1.29, 1.82) is 0 Å². The Bertz CT molecular complexity index is 1200. The van der Waals surface area contributed by atoms with E-state index in [9.17, 15) is 14.0 Å². The maximum absolute atomic E-state index is 14.6. The second-order valence-electron chi connectivity index (χ2n) is 7.94. The van der Waals surface area contributed by atoms with Crippen molar-refractivity contribution in [3.8, 4) is 17.2 Å². The standard InChI is InChI=1S/C25H23ClFN3O4/c1-15(31)30-18-3-2-4-19(12-18)33-23-8-5-16(11-21(23)27)13-29-25(32)20-14-28-10-9-22(20)34-24(26)17-6-7-17/h2-5,8-12,14,17,24H,6-7,13H2,1H3,(H,29,32)(H,30,31)/t24-/m1/s1. The van der Waals surface area contributed by atoms with E-state index >= 15 is 0 Å². The minimum Gasteiger partial charge on any atom is -0.473 e. The number of nitrogens with one attached hydrogen (secondary N) is 2. The van der Waals surface area contributed by atoms with Crippen molar-refractivity contribution >= 4 is 29.1 Å². The Labute approximate surface area is 201 Å². The Morgan fingerprint density at radius 2 is 2.00 bits per heavy atom. The molecule has 0 saturated heterocycles. The summed E-state index contributed by atoms with van der Waals surface area (Å²) in [5.74, 6) is -0.164. The van der Waals surface area contributed by atoms with Gasteiger partial charge < -0.3 is 20.1 Å². The van der Waals surface area contributed by atoms with Gasteiger partial charge in [0.25, 0.3) is 5.91 Å². The lowest BCUT2D eigenvalue weighted by atomic mass is 10.2. The normalized spacial score (nSPS) is 13.6. The smallest absolute Gasteiger partial charge is 0.256 e. The maximum atomic E-state index is 14.6. The van der Waals surface area contributed by atoms with Gasteiger partial charge in [0, 0.05) is 43.5 Å². The Kier molecular flexibility index (Phi) is 7.27. The van der Waals surface area contributed by atoms with Crippen LogP contribution in [0.15, 0.2) is 60.9 Å². The van der Waals surface area contributed by atoms with Crippen LogP contribution >= 0.6 is 11.6 Å².